The number of anilines is 2. The average Bonchev–Trinajstić information content (AvgIpc) is 2.96. The van der Waals surface area contributed by atoms with Gasteiger partial charge in [0.25, 0.3) is 0 Å². The second-order valence-corrected chi connectivity index (χ2v) is 10.2. The molecule has 0 bridgehead atoms. The molecule has 0 heterocycles. The molecular formula is C30H30N2O6S. The molecule has 2 amide bonds. The minimum Gasteiger partial charge on any atom is -0.497 e. The molecule has 3 N–H and O–H groups in total. The Labute approximate surface area is 231 Å². The maximum atomic E-state index is 13.6. The van der Waals surface area contributed by atoms with E-state index in [-0.39, 0.29) is 11.8 Å². The van der Waals surface area contributed by atoms with Gasteiger partial charge in [-0.1, -0.05) is 48.6 Å². The first-order valence-corrected chi connectivity index (χ1v) is 13.3. The van der Waals surface area contributed by atoms with Gasteiger partial charge in [0, 0.05) is 16.6 Å². The van der Waals surface area contributed by atoms with Crippen LogP contribution in [-0.2, 0) is 14.4 Å². The van der Waals surface area contributed by atoms with Crippen molar-refractivity contribution in [1.29, 1.82) is 0 Å². The fraction of sp³-hybridized carbons (Fsp3) is 0.233. The van der Waals surface area contributed by atoms with Crippen LogP contribution in [0.15, 0.2) is 89.8 Å². The van der Waals surface area contributed by atoms with Crippen molar-refractivity contribution in [2.24, 2.45) is 11.8 Å². The van der Waals surface area contributed by atoms with Crippen LogP contribution in [0.25, 0.3) is 0 Å². The van der Waals surface area contributed by atoms with Gasteiger partial charge in [0.1, 0.15) is 16.7 Å². The van der Waals surface area contributed by atoms with Gasteiger partial charge in [-0.05, 0) is 48.7 Å². The van der Waals surface area contributed by atoms with Crippen LogP contribution in [0.5, 0.6) is 11.5 Å². The third-order valence-electron chi connectivity index (χ3n) is 6.45. The number of thioether (sulfide) groups is 1. The number of rotatable bonds is 10. The molecule has 0 saturated carbocycles. The van der Waals surface area contributed by atoms with Gasteiger partial charge >= 0.3 is 5.97 Å². The molecule has 1 aliphatic carbocycles. The summed E-state index contributed by atoms with van der Waals surface area (Å²) in [4.78, 5) is 38.9. The first-order valence-electron chi connectivity index (χ1n) is 12.4. The number of carboxylic acid groups (broad SMARTS) is 1. The molecule has 0 aromatic heterocycles. The van der Waals surface area contributed by atoms with E-state index >= 15 is 0 Å². The molecule has 3 unspecified atom stereocenters. The SMILES string of the molecule is COc1ccc(OC)c(NC(=O)C(Sc2cccc(NC(=O)C3CC=CCC3C(=O)O)c2)c2ccccc2)c1. The standard InChI is InChI=1S/C30H30N2O6S/c1-37-21-15-16-26(38-2)25(18-21)32-29(34)27(19-9-4-3-5-10-19)39-22-12-8-11-20(17-22)31-28(33)23-13-6-7-14-24(23)30(35)36/h3-12,15-18,23-24,27H,13-14H2,1-2H3,(H,31,33)(H,32,34)(H,35,36). The summed E-state index contributed by atoms with van der Waals surface area (Å²) in [6, 6.07) is 21.7. The summed E-state index contributed by atoms with van der Waals surface area (Å²) < 4.78 is 10.7. The second-order valence-electron chi connectivity index (χ2n) is 8.98. The summed E-state index contributed by atoms with van der Waals surface area (Å²) in [7, 11) is 3.08. The molecule has 0 fully saturated rings. The molecule has 0 saturated heterocycles. The third-order valence-corrected chi connectivity index (χ3v) is 7.69. The van der Waals surface area contributed by atoms with Gasteiger partial charge in [-0.15, -0.1) is 11.8 Å². The molecule has 3 aromatic carbocycles. The van der Waals surface area contributed by atoms with Gasteiger partial charge in [-0.3, -0.25) is 14.4 Å². The van der Waals surface area contributed by atoms with E-state index in [1.54, 1.807) is 49.6 Å². The highest BCUT2D eigenvalue weighted by atomic mass is 32.2. The van der Waals surface area contributed by atoms with Gasteiger partial charge in [-0.2, -0.15) is 0 Å². The Kier molecular flexibility index (Phi) is 9.27. The van der Waals surface area contributed by atoms with Crippen LogP contribution in [0.4, 0.5) is 11.4 Å². The maximum absolute atomic E-state index is 13.6. The molecular weight excluding hydrogens is 516 g/mol. The number of allylic oxidation sites excluding steroid dienone is 2. The fourth-order valence-corrected chi connectivity index (χ4v) is 5.49. The number of carbonyl (C=O) groups excluding carboxylic acids is 2. The van der Waals surface area contributed by atoms with Gasteiger partial charge < -0.3 is 25.2 Å². The zero-order valence-corrected chi connectivity index (χ0v) is 22.4. The molecule has 3 atom stereocenters. The first-order chi connectivity index (χ1) is 18.9. The molecule has 1 aliphatic rings. The summed E-state index contributed by atoms with van der Waals surface area (Å²) in [5.74, 6) is -1.90. The van der Waals surface area contributed by atoms with Crippen molar-refractivity contribution in [1.82, 2.24) is 0 Å². The highest BCUT2D eigenvalue weighted by Crippen LogP contribution is 2.39. The second kappa shape index (κ2) is 13.0. The van der Waals surface area contributed by atoms with Crippen molar-refractivity contribution >= 4 is 40.9 Å². The number of benzene rings is 3. The van der Waals surface area contributed by atoms with E-state index in [2.05, 4.69) is 10.6 Å². The zero-order chi connectivity index (χ0) is 27.8. The van der Waals surface area contributed by atoms with Gasteiger partial charge in [0.05, 0.1) is 31.7 Å². The van der Waals surface area contributed by atoms with Crippen molar-refractivity contribution in [2.75, 3.05) is 24.9 Å². The summed E-state index contributed by atoms with van der Waals surface area (Å²) in [6.07, 6.45) is 4.35. The fourth-order valence-electron chi connectivity index (χ4n) is 4.41. The van der Waals surface area contributed by atoms with Gasteiger partial charge in [0.15, 0.2) is 0 Å². The topological polar surface area (TPSA) is 114 Å². The van der Waals surface area contributed by atoms with Gasteiger partial charge in [-0.25, -0.2) is 0 Å². The van der Waals surface area contributed by atoms with E-state index in [9.17, 15) is 19.5 Å². The van der Waals surface area contributed by atoms with Crippen molar-refractivity contribution in [3.05, 3.63) is 90.5 Å². The monoisotopic (exact) mass is 546 g/mol. The molecule has 39 heavy (non-hydrogen) atoms. The number of amides is 2. The normalized spacial score (nSPS) is 17.1. The summed E-state index contributed by atoms with van der Waals surface area (Å²) >= 11 is 1.33. The lowest BCUT2D eigenvalue weighted by Crippen LogP contribution is -2.34. The summed E-state index contributed by atoms with van der Waals surface area (Å²) in [5, 5.41) is 14.7. The maximum Gasteiger partial charge on any atom is 0.307 e. The van der Waals surface area contributed by atoms with E-state index in [1.165, 1.54) is 18.9 Å². The molecule has 9 heteroatoms. The van der Waals surface area contributed by atoms with Crippen molar-refractivity contribution < 1.29 is 29.0 Å². The largest absolute Gasteiger partial charge is 0.497 e. The molecule has 4 rings (SSSR count). The Morgan fingerprint density at radius 1 is 0.872 bits per heavy atom. The van der Waals surface area contributed by atoms with Crippen LogP contribution >= 0.6 is 11.8 Å². The molecule has 0 aliphatic heterocycles. The van der Waals surface area contributed by atoms with Crippen molar-refractivity contribution in [3.8, 4) is 11.5 Å². The van der Waals surface area contributed by atoms with E-state index < -0.39 is 23.1 Å². The number of aliphatic carboxylic acids is 1. The third kappa shape index (κ3) is 7.00. The summed E-state index contributed by atoms with van der Waals surface area (Å²) in [6.45, 7) is 0. The van der Waals surface area contributed by atoms with Crippen molar-refractivity contribution in [2.45, 2.75) is 23.0 Å². The number of carboxylic acids is 1. The smallest absolute Gasteiger partial charge is 0.307 e. The van der Waals surface area contributed by atoms with Crippen LogP contribution in [0, 0.1) is 11.8 Å². The Hall–Kier alpha value is -4.24. The van der Waals surface area contributed by atoms with Crippen LogP contribution in [0.3, 0.4) is 0 Å². The van der Waals surface area contributed by atoms with E-state index in [4.69, 9.17) is 9.47 Å². The average molecular weight is 547 g/mol. The molecule has 202 valence electrons. The lowest BCUT2D eigenvalue weighted by atomic mass is 9.82. The Morgan fingerprint density at radius 2 is 1.62 bits per heavy atom. The number of hydrogen-bond acceptors (Lipinski definition) is 6. The number of methoxy groups -OCH3 is 2. The zero-order valence-electron chi connectivity index (χ0n) is 21.6. The lowest BCUT2D eigenvalue weighted by Gasteiger charge is -2.24. The van der Waals surface area contributed by atoms with Crippen LogP contribution in [-0.4, -0.2) is 37.1 Å². The van der Waals surface area contributed by atoms with Crippen LogP contribution < -0.4 is 20.1 Å². The highest BCUT2D eigenvalue weighted by Gasteiger charge is 2.34. The highest BCUT2D eigenvalue weighted by molar-refractivity contribution is 8.00. The lowest BCUT2D eigenvalue weighted by molar-refractivity contribution is -0.146. The van der Waals surface area contributed by atoms with Crippen LogP contribution in [0.1, 0.15) is 23.7 Å². The summed E-state index contributed by atoms with van der Waals surface area (Å²) in [5.41, 5.74) is 1.82. The van der Waals surface area contributed by atoms with E-state index in [0.29, 0.717) is 35.7 Å². The number of carbonyl (C=O) groups is 3. The molecule has 0 radical (unpaired) electrons. The predicted molar refractivity (Wildman–Crippen MR) is 151 cm³/mol. The number of ether oxygens (including phenoxy) is 2. The van der Waals surface area contributed by atoms with Crippen LogP contribution in [0.2, 0.25) is 0 Å². The number of nitrogens with one attached hydrogen (secondary N) is 2. The minimum atomic E-state index is -0.979. The molecule has 8 nitrogen and oxygen atoms in total. The van der Waals surface area contributed by atoms with E-state index in [1.807, 2.05) is 42.5 Å². The van der Waals surface area contributed by atoms with E-state index in [0.717, 1.165) is 10.5 Å². The minimum absolute atomic E-state index is 0.259. The predicted octanol–water partition coefficient (Wildman–Crippen LogP) is 5.78. The van der Waals surface area contributed by atoms with Gasteiger partial charge in [0.2, 0.25) is 11.8 Å². The molecule has 3 aromatic rings. The Morgan fingerprint density at radius 3 is 2.31 bits per heavy atom. The molecule has 0 spiro atoms. The number of hydrogen-bond donors (Lipinski definition) is 3. The quantitative estimate of drug-likeness (QED) is 0.218. The first kappa shape index (κ1) is 27.8. The Balaban J connectivity index is 1.55. The Bertz CT molecular complexity index is 1360. The van der Waals surface area contributed by atoms with Crippen molar-refractivity contribution in [3.63, 3.8) is 0 Å².